The van der Waals surface area contributed by atoms with E-state index in [0.29, 0.717) is 23.3 Å². The third-order valence-electron chi connectivity index (χ3n) is 2.36. The predicted octanol–water partition coefficient (Wildman–Crippen LogP) is 2.28. The molecule has 2 rings (SSSR count). The number of rotatable bonds is 4. The molecule has 0 amide bonds. The Morgan fingerprint density at radius 3 is 2.89 bits per heavy atom. The second kappa shape index (κ2) is 5.39. The Morgan fingerprint density at radius 2 is 2.21 bits per heavy atom. The van der Waals surface area contributed by atoms with Gasteiger partial charge >= 0.3 is 11.6 Å². The van der Waals surface area contributed by atoms with Crippen LogP contribution in [0.15, 0.2) is 46.1 Å². The first kappa shape index (κ1) is 12.9. The van der Waals surface area contributed by atoms with E-state index in [2.05, 4.69) is 6.58 Å². The largest absolute Gasteiger partial charge is 0.494 e. The topological polar surface area (TPSA) is 65.7 Å². The quantitative estimate of drug-likeness (QED) is 0.479. The maximum Gasteiger partial charge on any atom is 0.339 e. The average molecular weight is 260 g/mol. The van der Waals surface area contributed by atoms with Crippen LogP contribution in [0.4, 0.5) is 0 Å². The van der Waals surface area contributed by atoms with Crippen molar-refractivity contribution < 1.29 is 18.7 Å². The van der Waals surface area contributed by atoms with E-state index in [9.17, 15) is 9.59 Å². The van der Waals surface area contributed by atoms with Crippen molar-refractivity contribution in [3.63, 3.8) is 0 Å². The van der Waals surface area contributed by atoms with Crippen LogP contribution < -0.4 is 15.1 Å². The van der Waals surface area contributed by atoms with E-state index in [0.717, 1.165) is 12.1 Å². The maximum atomic E-state index is 11.4. The monoisotopic (exact) mass is 260 g/mol. The highest BCUT2D eigenvalue weighted by Gasteiger charge is 2.10. The summed E-state index contributed by atoms with van der Waals surface area (Å²) >= 11 is 0. The van der Waals surface area contributed by atoms with Gasteiger partial charge in [-0.1, -0.05) is 6.58 Å². The highest BCUT2D eigenvalue weighted by atomic mass is 16.5. The molecule has 2 aromatic rings. The summed E-state index contributed by atoms with van der Waals surface area (Å²) in [6, 6.07) is 6.02. The Bertz CT molecular complexity index is 684. The molecule has 1 aromatic heterocycles. The standard InChI is InChI=1S/C14H12O5/c1-3-13(15)19-12-8-14(16)18-11-6-5-9(17-4-2)7-10(11)12/h3,5-8H,1,4H2,2H3. The van der Waals surface area contributed by atoms with E-state index >= 15 is 0 Å². The summed E-state index contributed by atoms with van der Waals surface area (Å²) in [6.45, 7) is 5.66. The van der Waals surface area contributed by atoms with Crippen molar-refractivity contribution in [2.75, 3.05) is 6.61 Å². The highest BCUT2D eigenvalue weighted by Crippen LogP contribution is 2.28. The van der Waals surface area contributed by atoms with E-state index in [1.165, 1.54) is 0 Å². The fourth-order valence-electron chi connectivity index (χ4n) is 1.60. The van der Waals surface area contributed by atoms with Crippen LogP contribution in [0.1, 0.15) is 6.92 Å². The molecule has 1 heterocycles. The molecular weight excluding hydrogens is 248 g/mol. The normalized spacial score (nSPS) is 10.2. The van der Waals surface area contributed by atoms with Gasteiger partial charge in [-0.2, -0.15) is 0 Å². The zero-order chi connectivity index (χ0) is 13.8. The second-order valence-corrected chi connectivity index (χ2v) is 3.65. The maximum absolute atomic E-state index is 11.4. The van der Waals surface area contributed by atoms with Crippen molar-refractivity contribution in [1.29, 1.82) is 0 Å². The number of esters is 1. The number of carbonyl (C=O) groups is 1. The first-order chi connectivity index (χ1) is 9.13. The summed E-state index contributed by atoms with van der Waals surface area (Å²) in [7, 11) is 0. The Morgan fingerprint density at radius 1 is 1.42 bits per heavy atom. The molecule has 5 nitrogen and oxygen atoms in total. The number of benzene rings is 1. The first-order valence-electron chi connectivity index (χ1n) is 5.69. The zero-order valence-corrected chi connectivity index (χ0v) is 10.3. The second-order valence-electron chi connectivity index (χ2n) is 3.65. The van der Waals surface area contributed by atoms with Crippen LogP contribution in [0.2, 0.25) is 0 Å². The van der Waals surface area contributed by atoms with Gasteiger partial charge in [0.15, 0.2) is 0 Å². The summed E-state index contributed by atoms with van der Waals surface area (Å²) in [6.07, 6.45) is 1.02. The van der Waals surface area contributed by atoms with Crippen molar-refractivity contribution in [3.05, 3.63) is 47.3 Å². The minimum atomic E-state index is -0.645. The lowest BCUT2D eigenvalue weighted by Gasteiger charge is -2.07. The molecule has 0 fully saturated rings. The third kappa shape index (κ3) is 2.82. The van der Waals surface area contributed by atoms with Crippen molar-refractivity contribution in [1.82, 2.24) is 0 Å². The Kier molecular flexibility index (Phi) is 3.66. The van der Waals surface area contributed by atoms with E-state index < -0.39 is 11.6 Å². The summed E-state index contributed by atoms with van der Waals surface area (Å²) < 4.78 is 15.4. The predicted molar refractivity (Wildman–Crippen MR) is 69.5 cm³/mol. The number of fused-ring (bicyclic) bond motifs is 1. The first-order valence-corrected chi connectivity index (χ1v) is 5.69. The van der Waals surface area contributed by atoms with Gasteiger partial charge in [0.2, 0.25) is 0 Å². The van der Waals surface area contributed by atoms with Crippen LogP contribution in [0, 0.1) is 0 Å². The van der Waals surface area contributed by atoms with E-state index in [1.807, 2.05) is 6.92 Å². The number of hydrogen-bond donors (Lipinski definition) is 0. The summed E-state index contributed by atoms with van der Waals surface area (Å²) in [4.78, 5) is 22.6. The van der Waals surface area contributed by atoms with Gasteiger partial charge in [0.25, 0.3) is 0 Å². The molecule has 19 heavy (non-hydrogen) atoms. The number of hydrogen-bond acceptors (Lipinski definition) is 5. The molecule has 0 radical (unpaired) electrons. The zero-order valence-electron chi connectivity index (χ0n) is 10.3. The highest BCUT2D eigenvalue weighted by molar-refractivity contribution is 5.90. The Balaban J connectivity index is 2.58. The molecule has 1 aromatic carbocycles. The van der Waals surface area contributed by atoms with Crippen LogP contribution in [0.3, 0.4) is 0 Å². The molecule has 0 aliphatic rings. The summed E-state index contributed by atoms with van der Waals surface area (Å²) in [5.74, 6) is 0.0752. The van der Waals surface area contributed by atoms with Gasteiger partial charge in [-0.05, 0) is 25.1 Å². The minimum absolute atomic E-state index is 0.123. The van der Waals surface area contributed by atoms with Crippen LogP contribution >= 0.6 is 0 Å². The van der Waals surface area contributed by atoms with Crippen LogP contribution in [-0.4, -0.2) is 12.6 Å². The van der Waals surface area contributed by atoms with E-state index in [4.69, 9.17) is 13.9 Å². The fourth-order valence-corrected chi connectivity index (χ4v) is 1.60. The molecule has 0 spiro atoms. The van der Waals surface area contributed by atoms with Gasteiger partial charge in [-0.3, -0.25) is 0 Å². The van der Waals surface area contributed by atoms with Crippen molar-refractivity contribution >= 4 is 16.9 Å². The average Bonchev–Trinajstić information content (AvgIpc) is 2.39. The lowest BCUT2D eigenvalue weighted by Crippen LogP contribution is -2.07. The molecule has 0 unspecified atom stereocenters. The molecule has 5 heteroatoms. The van der Waals surface area contributed by atoms with Gasteiger partial charge in [-0.25, -0.2) is 9.59 Å². The summed E-state index contributed by atoms with van der Waals surface area (Å²) in [5, 5.41) is 0.487. The van der Waals surface area contributed by atoms with E-state index in [1.54, 1.807) is 18.2 Å². The molecular formula is C14H12O5. The van der Waals surface area contributed by atoms with Gasteiger partial charge in [0, 0.05) is 6.08 Å². The SMILES string of the molecule is C=CC(=O)Oc1cc(=O)oc2ccc(OCC)cc12. The molecule has 0 N–H and O–H groups in total. The molecule has 0 aliphatic heterocycles. The molecule has 0 saturated carbocycles. The van der Waals surface area contributed by atoms with Gasteiger partial charge in [0.1, 0.15) is 17.1 Å². The molecule has 0 saturated heterocycles. The van der Waals surface area contributed by atoms with Crippen LogP contribution in [-0.2, 0) is 4.79 Å². The minimum Gasteiger partial charge on any atom is -0.494 e. The molecule has 0 bridgehead atoms. The van der Waals surface area contributed by atoms with Crippen molar-refractivity contribution in [2.45, 2.75) is 6.92 Å². The fraction of sp³-hybridized carbons (Fsp3) is 0.143. The lowest BCUT2D eigenvalue weighted by molar-refractivity contribution is -0.128. The number of ether oxygens (including phenoxy) is 2. The van der Waals surface area contributed by atoms with E-state index in [-0.39, 0.29) is 5.75 Å². The van der Waals surface area contributed by atoms with Crippen LogP contribution in [0.25, 0.3) is 11.0 Å². The number of carbonyl (C=O) groups excluding carboxylic acids is 1. The Hall–Kier alpha value is -2.56. The van der Waals surface area contributed by atoms with Gasteiger partial charge < -0.3 is 13.9 Å². The third-order valence-corrected chi connectivity index (χ3v) is 2.36. The van der Waals surface area contributed by atoms with Crippen molar-refractivity contribution in [3.8, 4) is 11.5 Å². The molecule has 98 valence electrons. The van der Waals surface area contributed by atoms with Gasteiger partial charge in [-0.15, -0.1) is 0 Å². The van der Waals surface area contributed by atoms with Gasteiger partial charge in [0.05, 0.1) is 18.1 Å². The Labute approximate surface area is 109 Å². The van der Waals surface area contributed by atoms with Crippen molar-refractivity contribution in [2.24, 2.45) is 0 Å². The smallest absolute Gasteiger partial charge is 0.339 e. The molecule has 0 atom stereocenters. The van der Waals surface area contributed by atoms with Crippen LogP contribution in [0.5, 0.6) is 11.5 Å². The lowest BCUT2D eigenvalue weighted by atomic mass is 10.2. The molecule has 0 aliphatic carbocycles. The summed E-state index contributed by atoms with van der Waals surface area (Å²) in [5.41, 5.74) is -0.272.